The average Bonchev–Trinajstić information content (AvgIpc) is 3.09. The molecule has 4 rings (SSSR count). The van der Waals surface area contributed by atoms with Crippen LogP contribution in [0.15, 0.2) is 77.4 Å². The minimum atomic E-state index is -0.540. The summed E-state index contributed by atoms with van der Waals surface area (Å²) in [6.07, 6.45) is 1.64. The first kappa shape index (κ1) is 20.5. The normalized spacial score (nSPS) is 14.6. The molecule has 0 amide bonds. The molecule has 0 atom stereocenters. The molecule has 0 aromatic heterocycles. The Morgan fingerprint density at radius 1 is 0.933 bits per heavy atom. The maximum Gasteiger partial charge on any atom is 0.363 e. The van der Waals surface area contributed by atoms with E-state index < -0.39 is 5.97 Å². The van der Waals surface area contributed by atoms with Crippen molar-refractivity contribution in [2.24, 2.45) is 4.99 Å². The van der Waals surface area contributed by atoms with Gasteiger partial charge in [0.05, 0.1) is 10.0 Å². The predicted molar refractivity (Wildman–Crippen MR) is 119 cm³/mol. The van der Waals surface area contributed by atoms with Crippen LogP contribution in [0.25, 0.3) is 6.08 Å². The maximum atomic E-state index is 12.2. The number of nitrogens with zero attached hydrogens (tertiary/aromatic N) is 1. The smallest absolute Gasteiger partial charge is 0.363 e. The molecular weight excluding hydrogens is 445 g/mol. The second-order valence-corrected chi connectivity index (χ2v) is 7.71. The molecule has 7 heteroatoms. The molecule has 0 fully saturated rings. The number of carbonyl (C=O) groups is 1. The lowest BCUT2D eigenvalue weighted by Gasteiger charge is -2.07. The van der Waals surface area contributed by atoms with Gasteiger partial charge in [-0.2, -0.15) is 0 Å². The SMILES string of the molecule is O=C1OC(c2ccc(Cl)c(Cl)c2)=N/C1=C\c1cccc(OCc2cccc(Cl)c2)c1. The first-order valence-electron chi connectivity index (χ1n) is 8.93. The molecule has 4 nitrogen and oxygen atoms in total. The average molecular weight is 459 g/mol. The summed E-state index contributed by atoms with van der Waals surface area (Å²) in [4.78, 5) is 16.5. The van der Waals surface area contributed by atoms with E-state index in [0.717, 1.165) is 11.1 Å². The molecule has 1 heterocycles. The van der Waals surface area contributed by atoms with E-state index in [4.69, 9.17) is 44.3 Å². The molecule has 0 saturated heterocycles. The van der Waals surface area contributed by atoms with Crippen molar-refractivity contribution in [3.05, 3.63) is 104 Å². The zero-order valence-electron chi connectivity index (χ0n) is 15.4. The fourth-order valence-electron chi connectivity index (χ4n) is 2.81. The van der Waals surface area contributed by atoms with Crippen molar-refractivity contribution in [2.75, 3.05) is 0 Å². The number of aliphatic imine (C=N–C) groups is 1. The molecule has 150 valence electrons. The van der Waals surface area contributed by atoms with Gasteiger partial charge >= 0.3 is 5.97 Å². The number of carbonyl (C=O) groups excluding carboxylic acids is 1. The van der Waals surface area contributed by atoms with Crippen LogP contribution in [-0.4, -0.2) is 11.9 Å². The summed E-state index contributed by atoms with van der Waals surface area (Å²) in [5.74, 6) is 0.295. The van der Waals surface area contributed by atoms with Gasteiger partial charge in [0.25, 0.3) is 0 Å². The van der Waals surface area contributed by atoms with E-state index in [2.05, 4.69) is 4.99 Å². The maximum absolute atomic E-state index is 12.2. The summed E-state index contributed by atoms with van der Waals surface area (Å²) >= 11 is 18.0. The van der Waals surface area contributed by atoms with Gasteiger partial charge < -0.3 is 9.47 Å². The third-order valence-electron chi connectivity index (χ3n) is 4.24. The summed E-state index contributed by atoms with van der Waals surface area (Å²) in [7, 11) is 0. The zero-order valence-corrected chi connectivity index (χ0v) is 17.7. The first-order chi connectivity index (χ1) is 14.5. The number of hydrogen-bond acceptors (Lipinski definition) is 4. The Morgan fingerprint density at radius 3 is 2.57 bits per heavy atom. The van der Waals surface area contributed by atoms with Crippen LogP contribution in [0.3, 0.4) is 0 Å². The van der Waals surface area contributed by atoms with E-state index in [1.807, 2.05) is 48.5 Å². The summed E-state index contributed by atoms with van der Waals surface area (Å²) in [6.45, 7) is 0.377. The summed E-state index contributed by atoms with van der Waals surface area (Å²) in [5.41, 5.74) is 2.47. The Morgan fingerprint density at radius 2 is 1.77 bits per heavy atom. The van der Waals surface area contributed by atoms with Crippen LogP contribution < -0.4 is 4.74 Å². The van der Waals surface area contributed by atoms with Gasteiger partial charge in [0, 0.05) is 10.6 Å². The third-order valence-corrected chi connectivity index (χ3v) is 5.22. The van der Waals surface area contributed by atoms with Crippen LogP contribution in [0.5, 0.6) is 5.75 Å². The predicted octanol–water partition coefficient (Wildman–Crippen LogP) is 6.57. The highest BCUT2D eigenvalue weighted by Gasteiger charge is 2.24. The summed E-state index contributed by atoms with van der Waals surface area (Å²) in [5, 5.41) is 1.43. The quantitative estimate of drug-likeness (QED) is 0.321. The molecule has 0 saturated carbocycles. The zero-order chi connectivity index (χ0) is 21.1. The van der Waals surface area contributed by atoms with E-state index in [9.17, 15) is 4.79 Å². The highest BCUT2D eigenvalue weighted by Crippen LogP contribution is 2.26. The number of benzene rings is 3. The van der Waals surface area contributed by atoms with Crippen molar-refractivity contribution in [1.82, 2.24) is 0 Å². The van der Waals surface area contributed by atoms with Crippen molar-refractivity contribution in [2.45, 2.75) is 6.61 Å². The standard InChI is InChI=1S/C23H14Cl3NO3/c24-17-5-1-4-15(9-17)13-29-18-6-2-3-14(10-18)11-21-23(28)30-22(27-21)16-7-8-19(25)20(26)12-16/h1-12H,13H2/b21-11-. The van der Waals surface area contributed by atoms with Gasteiger partial charge in [-0.05, 0) is 59.7 Å². The number of esters is 1. The van der Waals surface area contributed by atoms with Gasteiger partial charge in [0.2, 0.25) is 5.90 Å². The van der Waals surface area contributed by atoms with Crippen LogP contribution in [0, 0.1) is 0 Å². The number of rotatable bonds is 5. The monoisotopic (exact) mass is 457 g/mol. The first-order valence-corrected chi connectivity index (χ1v) is 10.1. The molecule has 0 unspecified atom stereocenters. The molecular formula is C23H14Cl3NO3. The molecule has 0 spiro atoms. The Labute approximate surface area is 188 Å². The Balaban J connectivity index is 1.52. The molecule has 0 radical (unpaired) electrons. The Hall–Kier alpha value is -2.79. The number of cyclic esters (lactones) is 1. The lowest BCUT2D eigenvalue weighted by molar-refractivity contribution is -0.129. The summed E-state index contributed by atoms with van der Waals surface area (Å²) < 4.78 is 11.1. The Bertz CT molecular complexity index is 1190. The van der Waals surface area contributed by atoms with Gasteiger partial charge in [-0.3, -0.25) is 0 Å². The van der Waals surface area contributed by atoms with Gasteiger partial charge in [-0.1, -0.05) is 59.1 Å². The van der Waals surface area contributed by atoms with Crippen LogP contribution in [0.2, 0.25) is 15.1 Å². The van der Waals surface area contributed by atoms with E-state index in [0.29, 0.717) is 33.0 Å². The number of hydrogen-bond donors (Lipinski definition) is 0. The van der Waals surface area contributed by atoms with Crippen molar-refractivity contribution < 1.29 is 14.3 Å². The van der Waals surface area contributed by atoms with Gasteiger partial charge in [-0.15, -0.1) is 0 Å². The topological polar surface area (TPSA) is 47.9 Å². The number of ether oxygens (including phenoxy) is 2. The van der Waals surface area contributed by atoms with E-state index in [1.54, 1.807) is 24.3 Å². The fourth-order valence-corrected chi connectivity index (χ4v) is 3.32. The molecule has 0 aliphatic carbocycles. The van der Waals surface area contributed by atoms with Crippen molar-refractivity contribution in [3.8, 4) is 5.75 Å². The van der Waals surface area contributed by atoms with Gasteiger partial charge in [0.15, 0.2) is 5.70 Å². The largest absolute Gasteiger partial charge is 0.489 e. The van der Waals surface area contributed by atoms with Crippen LogP contribution >= 0.6 is 34.8 Å². The molecule has 3 aromatic carbocycles. The molecule has 0 bridgehead atoms. The second-order valence-electron chi connectivity index (χ2n) is 6.46. The van der Waals surface area contributed by atoms with Crippen molar-refractivity contribution in [1.29, 1.82) is 0 Å². The van der Waals surface area contributed by atoms with Crippen LogP contribution in [-0.2, 0) is 16.1 Å². The van der Waals surface area contributed by atoms with E-state index in [1.165, 1.54) is 0 Å². The molecule has 3 aromatic rings. The number of halogens is 3. The molecule has 1 aliphatic rings. The van der Waals surface area contributed by atoms with Crippen LogP contribution in [0.4, 0.5) is 0 Å². The van der Waals surface area contributed by atoms with Gasteiger partial charge in [-0.25, -0.2) is 9.79 Å². The second kappa shape index (κ2) is 8.92. The summed E-state index contributed by atoms with van der Waals surface area (Å²) in [6, 6.07) is 19.7. The van der Waals surface area contributed by atoms with E-state index >= 15 is 0 Å². The Kier molecular flexibility index (Phi) is 6.09. The van der Waals surface area contributed by atoms with Crippen molar-refractivity contribution in [3.63, 3.8) is 0 Å². The highest BCUT2D eigenvalue weighted by molar-refractivity contribution is 6.42. The third kappa shape index (κ3) is 4.85. The lowest BCUT2D eigenvalue weighted by atomic mass is 10.2. The van der Waals surface area contributed by atoms with Crippen LogP contribution in [0.1, 0.15) is 16.7 Å². The lowest BCUT2D eigenvalue weighted by Crippen LogP contribution is -2.05. The minimum Gasteiger partial charge on any atom is -0.489 e. The molecule has 1 aliphatic heterocycles. The van der Waals surface area contributed by atoms with E-state index in [-0.39, 0.29) is 11.6 Å². The van der Waals surface area contributed by atoms with Gasteiger partial charge in [0.1, 0.15) is 12.4 Å². The minimum absolute atomic E-state index is 0.179. The molecule has 30 heavy (non-hydrogen) atoms. The molecule has 0 N–H and O–H groups in total. The highest BCUT2D eigenvalue weighted by atomic mass is 35.5. The fraction of sp³-hybridized carbons (Fsp3) is 0.0435. The van der Waals surface area contributed by atoms with Crippen molar-refractivity contribution >= 4 is 52.7 Å².